The summed E-state index contributed by atoms with van der Waals surface area (Å²) < 4.78 is 10.8. The average Bonchev–Trinajstić information content (AvgIpc) is 2.82. The summed E-state index contributed by atoms with van der Waals surface area (Å²) in [7, 11) is 3.41. The van der Waals surface area contributed by atoms with Gasteiger partial charge in [-0.2, -0.15) is 5.26 Å². The van der Waals surface area contributed by atoms with E-state index >= 15 is 0 Å². The van der Waals surface area contributed by atoms with Gasteiger partial charge < -0.3 is 14.4 Å². The third-order valence-electron chi connectivity index (χ3n) is 3.18. The van der Waals surface area contributed by atoms with Crippen LogP contribution in [0.15, 0.2) is 24.3 Å². The molecule has 0 amide bonds. The minimum atomic E-state index is 0.107. The van der Waals surface area contributed by atoms with Crippen molar-refractivity contribution in [1.29, 1.82) is 5.26 Å². The lowest BCUT2D eigenvalue weighted by molar-refractivity contribution is -0.00461. The Bertz CT molecular complexity index is 398. The molecule has 0 radical (unpaired) electrons. The van der Waals surface area contributed by atoms with Crippen molar-refractivity contribution in [3.8, 4) is 6.07 Å². The maximum atomic E-state index is 8.75. The van der Waals surface area contributed by atoms with Gasteiger partial charge in [-0.15, -0.1) is 0 Å². The molecule has 0 aliphatic carbocycles. The van der Waals surface area contributed by atoms with Crippen LogP contribution in [0.1, 0.15) is 5.56 Å². The summed E-state index contributed by atoms with van der Waals surface area (Å²) in [6, 6.07) is 9.70. The van der Waals surface area contributed by atoms with E-state index in [0.717, 1.165) is 18.8 Å². The van der Waals surface area contributed by atoms with E-state index in [1.165, 1.54) is 0 Å². The van der Waals surface area contributed by atoms with Gasteiger partial charge in [0.05, 0.1) is 11.6 Å². The van der Waals surface area contributed by atoms with Crippen LogP contribution in [-0.4, -0.2) is 39.5 Å². The first-order valence-corrected chi connectivity index (χ1v) is 5.59. The molecule has 1 heterocycles. The number of hydrogen-bond donors (Lipinski definition) is 0. The number of benzene rings is 1. The van der Waals surface area contributed by atoms with E-state index in [1.807, 2.05) is 24.3 Å². The minimum absolute atomic E-state index is 0.107. The summed E-state index contributed by atoms with van der Waals surface area (Å²) in [5, 5.41) is 8.75. The van der Waals surface area contributed by atoms with Crippen molar-refractivity contribution in [1.82, 2.24) is 0 Å². The van der Waals surface area contributed by atoms with E-state index in [-0.39, 0.29) is 12.2 Å². The second-order valence-electron chi connectivity index (χ2n) is 4.11. The van der Waals surface area contributed by atoms with Crippen molar-refractivity contribution in [2.75, 3.05) is 32.2 Å². The highest BCUT2D eigenvalue weighted by molar-refractivity contribution is 5.51. The number of nitriles is 1. The highest BCUT2D eigenvalue weighted by Crippen LogP contribution is 2.23. The highest BCUT2D eigenvalue weighted by Gasteiger charge is 2.32. The molecule has 0 bridgehead atoms. The van der Waals surface area contributed by atoms with Crippen LogP contribution < -0.4 is 4.90 Å². The predicted molar refractivity (Wildman–Crippen MR) is 65.0 cm³/mol. The molecule has 2 unspecified atom stereocenters. The Morgan fingerprint density at radius 3 is 2.06 bits per heavy atom. The van der Waals surface area contributed by atoms with Crippen LogP contribution in [0.25, 0.3) is 0 Å². The van der Waals surface area contributed by atoms with Gasteiger partial charge in [0.2, 0.25) is 0 Å². The van der Waals surface area contributed by atoms with Crippen LogP contribution in [0.5, 0.6) is 0 Å². The van der Waals surface area contributed by atoms with Crippen molar-refractivity contribution >= 4 is 5.69 Å². The van der Waals surface area contributed by atoms with Gasteiger partial charge >= 0.3 is 0 Å². The number of methoxy groups -OCH3 is 2. The molecule has 17 heavy (non-hydrogen) atoms. The SMILES string of the molecule is COC1CN(c2ccc(C#N)cc2)CC1OC. The zero-order chi connectivity index (χ0) is 12.3. The van der Waals surface area contributed by atoms with Crippen molar-refractivity contribution in [3.63, 3.8) is 0 Å². The Balaban J connectivity index is 2.11. The molecule has 2 rings (SSSR count). The molecule has 0 saturated carbocycles. The second kappa shape index (κ2) is 5.17. The van der Waals surface area contributed by atoms with Crippen LogP contribution in [0.3, 0.4) is 0 Å². The monoisotopic (exact) mass is 232 g/mol. The summed E-state index contributed by atoms with van der Waals surface area (Å²) >= 11 is 0. The fourth-order valence-corrected chi connectivity index (χ4v) is 2.15. The van der Waals surface area contributed by atoms with E-state index in [2.05, 4.69) is 11.0 Å². The first-order chi connectivity index (χ1) is 8.28. The quantitative estimate of drug-likeness (QED) is 0.790. The molecule has 1 saturated heterocycles. The second-order valence-corrected chi connectivity index (χ2v) is 4.11. The molecule has 90 valence electrons. The number of rotatable bonds is 3. The molecule has 0 spiro atoms. The van der Waals surface area contributed by atoms with Crippen LogP contribution in [0.4, 0.5) is 5.69 Å². The van der Waals surface area contributed by atoms with E-state index in [4.69, 9.17) is 14.7 Å². The Morgan fingerprint density at radius 2 is 1.65 bits per heavy atom. The Morgan fingerprint density at radius 1 is 1.12 bits per heavy atom. The van der Waals surface area contributed by atoms with Gasteiger partial charge in [0.15, 0.2) is 0 Å². The third kappa shape index (κ3) is 2.41. The molecule has 1 aromatic carbocycles. The first-order valence-electron chi connectivity index (χ1n) is 5.59. The number of nitrogens with zero attached hydrogens (tertiary/aromatic N) is 2. The molecule has 1 aliphatic heterocycles. The maximum absolute atomic E-state index is 8.75. The molecule has 4 nitrogen and oxygen atoms in total. The lowest BCUT2D eigenvalue weighted by atomic mass is 10.2. The lowest BCUT2D eigenvalue weighted by Crippen LogP contribution is -2.27. The molecule has 1 aromatic rings. The highest BCUT2D eigenvalue weighted by atomic mass is 16.5. The molecule has 1 aliphatic rings. The van der Waals surface area contributed by atoms with Gasteiger partial charge in [0.1, 0.15) is 12.2 Å². The zero-order valence-electron chi connectivity index (χ0n) is 10.1. The van der Waals surface area contributed by atoms with Crippen LogP contribution in [0, 0.1) is 11.3 Å². The summed E-state index contributed by atoms with van der Waals surface area (Å²) in [6.07, 6.45) is 0.214. The summed E-state index contributed by atoms with van der Waals surface area (Å²) in [5.74, 6) is 0. The first kappa shape index (κ1) is 11.9. The molecular weight excluding hydrogens is 216 g/mol. The molecule has 0 aromatic heterocycles. The fourth-order valence-electron chi connectivity index (χ4n) is 2.15. The summed E-state index contributed by atoms with van der Waals surface area (Å²) in [4.78, 5) is 2.21. The summed E-state index contributed by atoms with van der Waals surface area (Å²) in [6.45, 7) is 1.64. The van der Waals surface area contributed by atoms with Gasteiger partial charge in [0.25, 0.3) is 0 Å². The van der Waals surface area contributed by atoms with E-state index in [0.29, 0.717) is 5.56 Å². The smallest absolute Gasteiger partial charge is 0.102 e. The van der Waals surface area contributed by atoms with Gasteiger partial charge in [0, 0.05) is 33.0 Å². The topological polar surface area (TPSA) is 45.5 Å². The van der Waals surface area contributed by atoms with Crippen molar-refractivity contribution in [3.05, 3.63) is 29.8 Å². The fraction of sp³-hybridized carbons (Fsp3) is 0.462. The van der Waals surface area contributed by atoms with Crippen molar-refractivity contribution in [2.45, 2.75) is 12.2 Å². The Hall–Kier alpha value is -1.57. The van der Waals surface area contributed by atoms with Crippen molar-refractivity contribution in [2.24, 2.45) is 0 Å². The standard InChI is InChI=1S/C13H16N2O2/c1-16-12-8-15(9-13(12)17-2)11-5-3-10(7-14)4-6-11/h3-6,12-13H,8-9H2,1-2H3. The lowest BCUT2D eigenvalue weighted by Gasteiger charge is -2.17. The van der Waals surface area contributed by atoms with E-state index < -0.39 is 0 Å². The third-order valence-corrected chi connectivity index (χ3v) is 3.18. The van der Waals surface area contributed by atoms with Crippen molar-refractivity contribution < 1.29 is 9.47 Å². The van der Waals surface area contributed by atoms with Gasteiger partial charge in [-0.25, -0.2) is 0 Å². The predicted octanol–water partition coefficient (Wildman–Crippen LogP) is 1.41. The number of anilines is 1. The molecule has 4 heteroatoms. The molecule has 0 N–H and O–H groups in total. The zero-order valence-corrected chi connectivity index (χ0v) is 10.1. The average molecular weight is 232 g/mol. The minimum Gasteiger partial charge on any atom is -0.377 e. The van der Waals surface area contributed by atoms with Gasteiger partial charge in [-0.1, -0.05) is 0 Å². The number of ether oxygens (including phenoxy) is 2. The van der Waals surface area contributed by atoms with Gasteiger partial charge in [-0.3, -0.25) is 0 Å². The van der Waals surface area contributed by atoms with E-state index in [1.54, 1.807) is 14.2 Å². The molecule has 2 atom stereocenters. The summed E-state index contributed by atoms with van der Waals surface area (Å²) in [5.41, 5.74) is 1.78. The number of hydrogen-bond acceptors (Lipinski definition) is 4. The van der Waals surface area contributed by atoms with Crippen LogP contribution in [-0.2, 0) is 9.47 Å². The Kier molecular flexibility index (Phi) is 3.62. The van der Waals surface area contributed by atoms with E-state index in [9.17, 15) is 0 Å². The maximum Gasteiger partial charge on any atom is 0.102 e. The van der Waals surface area contributed by atoms with Gasteiger partial charge in [-0.05, 0) is 24.3 Å². The molecular formula is C13H16N2O2. The Labute approximate surface area is 101 Å². The van der Waals surface area contributed by atoms with Crippen LogP contribution in [0.2, 0.25) is 0 Å². The van der Waals surface area contributed by atoms with Crippen LogP contribution >= 0.6 is 0 Å². The largest absolute Gasteiger partial charge is 0.377 e. The molecule has 1 fully saturated rings. The normalized spacial score (nSPS) is 23.7.